The van der Waals surface area contributed by atoms with Crippen LogP contribution in [0.1, 0.15) is 24.0 Å². The Labute approximate surface area is 188 Å². The van der Waals surface area contributed by atoms with E-state index in [0.717, 1.165) is 24.2 Å². The van der Waals surface area contributed by atoms with Crippen LogP contribution in [0.15, 0.2) is 77.7 Å². The van der Waals surface area contributed by atoms with Gasteiger partial charge in [-0.1, -0.05) is 29.8 Å². The van der Waals surface area contributed by atoms with Gasteiger partial charge in [-0.25, -0.2) is 17.2 Å². The number of halogens is 2. The fourth-order valence-corrected chi connectivity index (χ4v) is 5.83. The SMILES string of the molecule is Cc1ccc(N(C2CCN(Cc3ccc(F)cc3)CC2)S(=O)(=O)c2ccc(F)cc2)cc1. The summed E-state index contributed by atoms with van der Waals surface area (Å²) in [6.07, 6.45) is 1.32. The summed E-state index contributed by atoms with van der Waals surface area (Å²) in [6, 6.07) is 18.7. The number of hydrogen-bond acceptors (Lipinski definition) is 3. The van der Waals surface area contributed by atoms with E-state index in [1.807, 2.05) is 31.2 Å². The Bertz CT molecular complexity index is 1140. The maximum absolute atomic E-state index is 13.6. The van der Waals surface area contributed by atoms with Crippen LogP contribution in [-0.4, -0.2) is 32.4 Å². The van der Waals surface area contributed by atoms with Gasteiger partial charge in [0.1, 0.15) is 11.6 Å². The van der Waals surface area contributed by atoms with E-state index < -0.39 is 15.8 Å². The molecule has 0 spiro atoms. The quantitative estimate of drug-likeness (QED) is 0.516. The second-order valence-electron chi connectivity index (χ2n) is 8.22. The van der Waals surface area contributed by atoms with E-state index in [1.54, 1.807) is 12.1 Å². The molecule has 0 radical (unpaired) electrons. The molecular formula is C25H26F2N2O2S. The third-order valence-electron chi connectivity index (χ3n) is 5.87. The lowest BCUT2D eigenvalue weighted by atomic mass is 10.0. The third-order valence-corrected chi connectivity index (χ3v) is 7.76. The van der Waals surface area contributed by atoms with Gasteiger partial charge in [-0.3, -0.25) is 9.21 Å². The van der Waals surface area contributed by atoms with Crippen LogP contribution in [0.2, 0.25) is 0 Å². The molecule has 1 saturated heterocycles. The van der Waals surface area contributed by atoms with E-state index in [9.17, 15) is 17.2 Å². The lowest BCUT2D eigenvalue weighted by Gasteiger charge is -2.39. The van der Waals surface area contributed by atoms with Crippen LogP contribution >= 0.6 is 0 Å². The molecule has 7 heteroatoms. The summed E-state index contributed by atoms with van der Waals surface area (Å²) in [4.78, 5) is 2.33. The average Bonchev–Trinajstić information content (AvgIpc) is 2.78. The van der Waals surface area contributed by atoms with E-state index >= 15 is 0 Å². The van der Waals surface area contributed by atoms with Crippen molar-refractivity contribution in [1.82, 2.24) is 4.90 Å². The van der Waals surface area contributed by atoms with E-state index in [0.29, 0.717) is 25.1 Å². The molecule has 0 aromatic heterocycles. The van der Waals surface area contributed by atoms with Gasteiger partial charge in [-0.2, -0.15) is 0 Å². The molecule has 4 rings (SSSR count). The van der Waals surface area contributed by atoms with E-state index in [-0.39, 0.29) is 16.8 Å². The van der Waals surface area contributed by atoms with Crippen molar-refractivity contribution in [2.24, 2.45) is 0 Å². The van der Waals surface area contributed by atoms with Gasteiger partial charge in [0.15, 0.2) is 0 Å². The molecule has 0 atom stereocenters. The highest BCUT2D eigenvalue weighted by Crippen LogP contribution is 2.31. The molecular weight excluding hydrogens is 430 g/mol. The Morgan fingerprint density at radius 3 is 1.94 bits per heavy atom. The minimum Gasteiger partial charge on any atom is -0.299 e. The summed E-state index contributed by atoms with van der Waals surface area (Å²) in [5.41, 5.74) is 2.68. The summed E-state index contributed by atoms with van der Waals surface area (Å²) in [5, 5.41) is 0. The molecule has 4 nitrogen and oxygen atoms in total. The molecule has 3 aromatic rings. The summed E-state index contributed by atoms with van der Waals surface area (Å²) < 4.78 is 55.2. The molecule has 0 unspecified atom stereocenters. The van der Waals surface area contributed by atoms with Crippen molar-refractivity contribution >= 4 is 15.7 Å². The fraction of sp³-hybridized carbons (Fsp3) is 0.280. The molecule has 0 bridgehead atoms. The number of rotatable bonds is 6. The Morgan fingerprint density at radius 1 is 0.844 bits per heavy atom. The number of nitrogens with zero attached hydrogens (tertiary/aromatic N) is 2. The van der Waals surface area contributed by atoms with Gasteiger partial charge in [-0.05, 0) is 73.9 Å². The fourth-order valence-electron chi connectivity index (χ4n) is 4.12. The first-order valence-electron chi connectivity index (χ1n) is 10.7. The van der Waals surface area contributed by atoms with E-state index in [4.69, 9.17) is 0 Å². The van der Waals surface area contributed by atoms with Gasteiger partial charge in [-0.15, -0.1) is 0 Å². The van der Waals surface area contributed by atoms with Crippen LogP contribution in [0.5, 0.6) is 0 Å². The van der Waals surface area contributed by atoms with Gasteiger partial charge < -0.3 is 0 Å². The van der Waals surface area contributed by atoms with Crippen LogP contribution < -0.4 is 4.31 Å². The van der Waals surface area contributed by atoms with Crippen molar-refractivity contribution < 1.29 is 17.2 Å². The van der Waals surface area contributed by atoms with Crippen LogP contribution in [0.3, 0.4) is 0 Å². The Morgan fingerprint density at radius 2 is 1.38 bits per heavy atom. The second-order valence-corrected chi connectivity index (χ2v) is 10.0. The highest BCUT2D eigenvalue weighted by atomic mass is 32.2. The summed E-state index contributed by atoms with van der Waals surface area (Å²) in [6.45, 7) is 4.10. The van der Waals surface area contributed by atoms with Crippen molar-refractivity contribution in [3.63, 3.8) is 0 Å². The van der Waals surface area contributed by atoms with Gasteiger partial charge in [0.2, 0.25) is 0 Å². The van der Waals surface area contributed by atoms with Crippen LogP contribution in [0.4, 0.5) is 14.5 Å². The normalized spacial score (nSPS) is 15.6. The minimum atomic E-state index is -3.86. The number of anilines is 1. The van der Waals surface area contributed by atoms with E-state index in [1.165, 1.54) is 40.7 Å². The molecule has 168 valence electrons. The highest BCUT2D eigenvalue weighted by molar-refractivity contribution is 7.92. The van der Waals surface area contributed by atoms with Crippen LogP contribution in [0.25, 0.3) is 0 Å². The third kappa shape index (κ3) is 5.00. The standard InChI is InChI=1S/C25H26F2N2O2S/c1-19-2-10-23(11-3-19)29(32(30,31)25-12-8-22(27)9-13-25)24-14-16-28(17-15-24)18-20-4-6-21(26)7-5-20/h2-13,24H,14-18H2,1H3. The molecule has 1 heterocycles. The Balaban J connectivity index is 1.56. The van der Waals surface area contributed by atoms with Crippen molar-refractivity contribution in [3.8, 4) is 0 Å². The predicted molar refractivity (Wildman–Crippen MR) is 122 cm³/mol. The Kier molecular flexibility index (Phi) is 6.58. The van der Waals surface area contributed by atoms with Crippen molar-refractivity contribution in [1.29, 1.82) is 0 Å². The summed E-state index contributed by atoms with van der Waals surface area (Å²) in [7, 11) is -3.86. The maximum atomic E-state index is 13.6. The average molecular weight is 457 g/mol. The summed E-state index contributed by atoms with van der Waals surface area (Å²) >= 11 is 0. The lowest BCUT2D eigenvalue weighted by molar-refractivity contribution is 0.206. The molecule has 1 fully saturated rings. The molecule has 0 aliphatic carbocycles. The number of sulfonamides is 1. The first-order chi connectivity index (χ1) is 15.3. The highest BCUT2D eigenvalue weighted by Gasteiger charge is 2.34. The zero-order valence-electron chi connectivity index (χ0n) is 17.9. The number of piperidine rings is 1. The van der Waals surface area contributed by atoms with Crippen molar-refractivity contribution in [2.45, 2.75) is 37.2 Å². The van der Waals surface area contributed by atoms with Crippen LogP contribution in [0, 0.1) is 18.6 Å². The molecule has 1 aliphatic rings. The molecule has 0 amide bonds. The largest absolute Gasteiger partial charge is 0.299 e. The number of aryl methyl sites for hydroxylation is 1. The topological polar surface area (TPSA) is 40.6 Å². The van der Waals surface area contributed by atoms with Crippen molar-refractivity contribution in [2.75, 3.05) is 17.4 Å². The second kappa shape index (κ2) is 9.38. The monoisotopic (exact) mass is 456 g/mol. The first kappa shape index (κ1) is 22.4. The minimum absolute atomic E-state index is 0.0771. The van der Waals surface area contributed by atoms with Crippen LogP contribution in [-0.2, 0) is 16.6 Å². The lowest BCUT2D eigenvalue weighted by Crippen LogP contribution is -2.47. The first-order valence-corrected chi connectivity index (χ1v) is 12.1. The van der Waals surface area contributed by atoms with Gasteiger partial charge in [0.25, 0.3) is 10.0 Å². The van der Waals surface area contributed by atoms with Gasteiger partial charge in [0, 0.05) is 25.7 Å². The maximum Gasteiger partial charge on any atom is 0.264 e. The molecule has 1 aliphatic heterocycles. The molecule has 0 N–H and O–H groups in total. The predicted octanol–water partition coefficient (Wildman–Crippen LogP) is 5.13. The van der Waals surface area contributed by atoms with Gasteiger partial charge in [0.05, 0.1) is 10.6 Å². The summed E-state index contributed by atoms with van der Waals surface area (Å²) in [5.74, 6) is -0.730. The molecule has 0 saturated carbocycles. The van der Waals surface area contributed by atoms with Gasteiger partial charge >= 0.3 is 0 Å². The molecule has 32 heavy (non-hydrogen) atoms. The zero-order valence-corrected chi connectivity index (χ0v) is 18.7. The van der Waals surface area contributed by atoms with E-state index in [2.05, 4.69) is 4.90 Å². The zero-order chi connectivity index (χ0) is 22.7. The number of benzene rings is 3. The Hall–Kier alpha value is -2.77. The molecule has 3 aromatic carbocycles. The smallest absolute Gasteiger partial charge is 0.264 e. The number of hydrogen-bond donors (Lipinski definition) is 0. The number of likely N-dealkylation sites (tertiary alicyclic amines) is 1. The van der Waals surface area contributed by atoms with Crippen molar-refractivity contribution in [3.05, 3.63) is 95.6 Å².